The minimum Gasteiger partial charge on any atom is -0.469 e. The van der Waals surface area contributed by atoms with Gasteiger partial charge in [0.05, 0.1) is 22.3 Å². The van der Waals surface area contributed by atoms with E-state index in [1.165, 1.54) is 24.6 Å². The number of amides is 1. The van der Waals surface area contributed by atoms with Crippen molar-refractivity contribution in [1.29, 1.82) is 0 Å². The van der Waals surface area contributed by atoms with Crippen LogP contribution < -0.4 is 10.1 Å². The highest BCUT2D eigenvalue weighted by molar-refractivity contribution is 9.10. The van der Waals surface area contributed by atoms with E-state index in [4.69, 9.17) is 4.74 Å². The maximum atomic E-state index is 12.3. The third-order valence-corrected chi connectivity index (χ3v) is 4.97. The summed E-state index contributed by atoms with van der Waals surface area (Å²) in [4.78, 5) is 33.0. The number of aromatic nitrogens is 2. The van der Waals surface area contributed by atoms with Gasteiger partial charge < -0.3 is 10.1 Å². The molecule has 1 amide bonds. The lowest BCUT2D eigenvalue weighted by Crippen LogP contribution is -2.18. The van der Waals surface area contributed by atoms with Crippen LogP contribution in [-0.4, -0.2) is 28.3 Å². The van der Waals surface area contributed by atoms with E-state index in [1.807, 2.05) is 24.3 Å². The van der Waals surface area contributed by atoms with Crippen molar-refractivity contribution in [3.63, 3.8) is 0 Å². The van der Waals surface area contributed by atoms with E-state index in [1.54, 1.807) is 6.07 Å². The van der Waals surface area contributed by atoms with E-state index in [0.717, 1.165) is 20.3 Å². The van der Waals surface area contributed by atoms with E-state index in [9.17, 15) is 9.59 Å². The second-order valence-electron chi connectivity index (χ2n) is 5.23. The van der Waals surface area contributed by atoms with Crippen molar-refractivity contribution in [1.82, 2.24) is 15.3 Å². The number of benzene rings is 1. The number of halogens is 1. The number of Topliss-reactive ketones (excluding diaryl/α,β-unsaturated/α-hetero) is 1. The van der Waals surface area contributed by atoms with Gasteiger partial charge in [0, 0.05) is 16.3 Å². The SMILES string of the molecule is CC(=O)NCc1ccc(C(=O)COc2ncnc3ccc(Br)cc23)s1. The molecule has 0 fully saturated rings. The van der Waals surface area contributed by atoms with Crippen molar-refractivity contribution in [3.8, 4) is 5.88 Å². The van der Waals surface area contributed by atoms with E-state index < -0.39 is 0 Å². The number of carbonyl (C=O) groups excluding carboxylic acids is 2. The second kappa shape index (κ2) is 7.71. The monoisotopic (exact) mass is 419 g/mol. The molecule has 0 radical (unpaired) electrons. The first kappa shape index (κ1) is 17.5. The average Bonchev–Trinajstić information content (AvgIpc) is 3.07. The van der Waals surface area contributed by atoms with Crippen LogP contribution in [0.4, 0.5) is 0 Å². The van der Waals surface area contributed by atoms with Crippen molar-refractivity contribution < 1.29 is 14.3 Å². The minimum absolute atomic E-state index is 0.105. The molecular formula is C17H14BrN3O3S. The first-order chi connectivity index (χ1) is 12.0. The molecule has 0 saturated carbocycles. The van der Waals surface area contributed by atoms with Crippen LogP contribution in [0.1, 0.15) is 21.5 Å². The minimum atomic E-state index is -0.138. The first-order valence-corrected chi connectivity index (χ1v) is 9.03. The summed E-state index contributed by atoms with van der Waals surface area (Å²) in [5, 5.41) is 3.44. The third kappa shape index (κ3) is 4.40. The van der Waals surface area contributed by atoms with Crippen molar-refractivity contribution >= 4 is 49.9 Å². The van der Waals surface area contributed by atoms with Gasteiger partial charge in [-0.2, -0.15) is 0 Å². The molecule has 1 aromatic carbocycles. The van der Waals surface area contributed by atoms with Gasteiger partial charge in [-0.1, -0.05) is 15.9 Å². The Hall–Kier alpha value is -2.32. The maximum absolute atomic E-state index is 12.3. The van der Waals surface area contributed by atoms with Crippen LogP contribution in [0.25, 0.3) is 10.9 Å². The molecule has 128 valence electrons. The number of fused-ring (bicyclic) bond motifs is 1. The fourth-order valence-electron chi connectivity index (χ4n) is 2.16. The standard InChI is InChI=1S/C17H14BrN3O3S/c1-10(22)19-7-12-3-5-16(25-12)15(23)8-24-17-13-6-11(18)2-4-14(13)20-9-21-17/h2-6,9H,7-8H2,1H3,(H,19,22). The summed E-state index contributed by atoms with van der Waals surface area (Å²) < 4.78 is 6.49. The summed E-state index contributed by atoms with van der Waals surface area (Å²) in [6.45, 7) is 1.76. The number of thiophene rings is 1. The van der Waals surface area contributed by atoms with Crippen molar-refractivity contribution in [3.05, 3.63) is 50.9 Å². The van der Waals surface area contributed by atoms with Gasteiger partial charge in [-0.15, -0.1) is 11.3 Å². The van der Waals surface area contributed by atoms with Crippen LogP contribution in [0, 0.1) is 0 Å². The highest BCUT2D eigenvalue weighted by atomic mass is 79.9. The topological polar surface area (TPSA) is 81.2 Å². The van der Waals surface area contributed by atoms with Crippen molar-refractivity contribution in [2.45, 2.75) is 13.5 Å². The lowest BCUT2D eigenvalue weighted by atomic mass is 10.2. The van der Waals surface area contributed by atoms with E-state index in [0.29, 0.717) is 17.3 Å². The molecule has 0 unspecified atom stereocenters. The Bertz CT molecular complexity index is 942. The van der Waals surface area contributed by atoms with Crippen LogP contribution in [0.3, 0.4) is 0 Å². The van der Waals surface area contributed by atoms with Crippen LogP contribution in [-0.2, 0) is 11.3 Å². The van der Waals surface area contributed by atoms with Gasteiger partial charge in [-0.3, -0.25) is 9.59 Å². The van der Waals surface area contributed by atoms with Gasteiger partial charge in [0.25, 0.3) is 0 Å². The molecule has 0 bridgehead atoms. The first-order valence-electron chi connectivity index (χ1n) is 7.42. The van der Waals surface area contributed by atoms with Gasteiger partial charge in [-0.25, -0.2) is 9.97 Å². The molecule has 0 aliphatic carbocycles. The fourth-order valence-corrected chi connectivity index (χ4v) is 3.39. The zero-order valence-corrected chi connectivity index (χ0v) is 15.7. The summed E-state index contributed by atoms with van der Waals surface area (Å²) in [6, 6.07) is 9.15. The summed E-state index contributed by atoms with van der Waals surface area (Å²) in [5.41, 5.74) is 0.745. The summed E-state index contributed by atoms with van der Waals surface area (Å²) in [5.74, 6) is 0.127. The predicted octanol–water partition coefficient (Wildman–Crippen LogP) is 3.35. The number of nitrogens with zero attached hydrogens (tertiary/aromatic N) is 2. The van der Waals surface area contributed by atoms with Gasteiger partial charge >= 0.3 is 0 Å². The largest absolute Gasteiger partial charge is 0.469 e. The molecule has 2 aromatic heterocycles. The van der Waals surface area contributed by atoms with Crippen LogP contribution in [0.15, 0.2) is 41.1 Å². The number of hydrogen-bond donors (Lipinski definition) is 1. The normalized spacial score (nSPS) is 10.6. The molecule has 25 heavy (non-hydrogen) atoms. The molecule has 3 aromatic rings. The Morgan fingerprint density at radius 1 is 1.24 bits per heavy atom. The fraction of sp³-hybridized carbons (Fsp3) is 0.176. The molecular weight excluding hydrogens is 406 g/mol. The van der Waals surface area contributed by atoms with Crippen LogP contribution >= 0.6 is 27.3 Å². The molecule has 0 spiro atoms. The molecule has 2 heterocycles. The summed E-state index contributed by atoms with van der Waals surface area (Å²) >= 11 is 4.74. The highest BCUT2D eigenvalue weighted by Crippen LogP contribution is 2.25. The summed E-state index contributed by atoms with van der Waals surface area (Å²) in [6.07, 6.45) is 1.41. The Kier molecular flexibility index (Phi) is 5.40. The van der Waals surface area contributed by atoms with Gasteiger partial charge in [-0.05, 0) is 30.3 Å². The second-order valence-corrected chi connectivity index (χ2v) is 7.31. The average molecular weight is 420 g/mol. The van der Waals surface area contributed by atoms with Crippen molar-refractivity contribution in [2.75, 3.05) is 6.61 Å². The smallest absolute Gasteiger partial charge is 0.224 e. The summed E-state index contributed by atoms with van der Waals surface area (Å²) in [7, 11) is 0. The molecule has 0 aliphatic heterocycles. The lowest BCUT2D eigenvalue weighted by Gasteiger charge is -2.07. The molecule has 1 N–H and O–H groups in total. The maximum Gasteiger partial charge on any atom is 0.224 e. The van der Waals surface area contributed by atoms with Gasteiger partial charge in [0.2, 0.25) is 17.6 Å². The number of nitrogens with one attached hydrogen (secondary N) is 1. The third-order valence-electron chi connectivity index (χ3n) is 3.35. The van der Waals surface area contributed by atoms with E-state index in [2.05, 4.69) is 31.2 Å². The number of ether oxygens (including phenoxy) is 1. The predicted molar refractivity (Wildman–Crippen MR) is 98.9 cm³/mol. The molecule has 0 atom stereocenters. The Balaban J connectivity index is 1.68. The zero-order valence-electron chi connectivity index (χ0n) is 13.3. The number of rotatable bonds is 6. The van der Waals surface area contributed by atoms with Crippen LogP contribution in [0.2, 0.25) is 0 Å². The van der Waals surface area contributed by atoms with E-state index in [-0.39, 0.29) is 18.3 Å². The molecule has 8 heteroatoms. The lowest BCUT2D eigenvalue weighted by molar-refractivity contribution is -0.119. The van der Waals surface area contributed by atoms with Gasteiger partial charge in [0.15, 0.2) is 6.61 Å². The van der Waals surface area contributed by atoms with Crippen LogP contribution in [0.5, 0.6) is 5.88 Å². The zero-order chi connectivity index (χ0) is 17.8. The highest BCUT2D eigenvalue weighted by Gasteiger charge is 2.13. The molecule has 0 saturated heterocycles. The quantitative estimate of drug-likeness (QED) is 0.619. The Morgan fingerprint density at radius 3 is 2.88 bits per heavy atom. The van der Waals surface area contributed by atoms with Gasteiger partial charge in [0.1, 0.15) is 6.33 Å². The van der Waals surface area contributed by atoms with E-state index >= 15 is 0 Å². The molecule has 3 rings (SSSR count). The molecule has 6 nitrogen and oxygen atoms in total. The number of carbonyl (C=O) groups is 2. The van der Waals surface area contributed by atoms with Crippen molar-refractivity contribution in [2.24, 2.45) is 0 Å². The number of hydrogen-bond acceptors (Lipinski definition) is 6. The Morgan fingerprint density at radius 2 is 2.08 bits per heavy atom. The Labute approximate surface area is 156 Å². The number of ketones is 1. The molecule has 0 aliphatic rings.